The minimum atomic E-state index is 0.814. The van der Waals surface area contributed by atoms with E-state index in [0.29, 0.717) is 0 Å². The van der Waals surface area contributed by atoms with Crippen LogP contribution in [-0.4, -0.2) is 12.6 Å². The van der Waals surface area contributed by atoms with Crippen LogP contribution >= 0.6 is 15.9 Å². The Morgan fingerprint density at radius 1 is 1.21 bits per heavy atom. The van der Waals surface area contributed by atoms with E-state index in [0.717, 1.165) is 17.9 Å². The largest absolute Gasteiger partial charge is 0.314 e. The topological polar surface area (TPSA) is 12.0 Å². The molecule has 1 aliphatic heterocycles. The van der Waals surface area contributed by atoms with Gasteiger partial charge in [-0.15, -0.1) is 0 Å². The minimum Gasteiger partial charge on any atom is -0.314 e. The molecule has 1 heterocycles. The number of fused-ring (bicyclic) bond motifs is 1. The van der Waals surface area contributed by atoms with Crippen LogP contribution in [0, 0.1) is 5.92 Å². The molecule has 2 aliphatic rings. The Hall–Kier alpha value is -0.340. The van der Waals surface area contributed by atoms with E-state index in [2.05, 4.69) is 45.5 Å². The monoisotopic (exact) mass is 251 g/mol. The molecular weight excluding hydrogens is 238 g/mol. The van der Waals surface area contributed by atoms with Crippen molar-refractivity contribution >= 4 is 15.9 Å². The van der Waals surface area contributed by atoms with Crippen molar-refractivity contribution in [2.75, 3.05) is 6.54 Å². The third-order valence-electron chi connectivity index (χ3n) is 3.52. The molecule has 1 aromatic rings. The van der Waals surface area contributed by atoms with Gasteiger partial charge in [-0.05, 0) is 48.9 Å². The van der Waals surface area contributed by atoms with Gasteiger partial charge < -0.3 is 5.32 Å². The highest BCUT2D eigenvalue weighted by Crippen LogP contribution is 2.47. The molecule has 1 saturated heterocycles. The van der Waals surface area contributed by atoms with Crippen molar-refractivity contribution in [2.45, 2.75) is 24.8 Å². The van der Waals surface area contributed by atoms with Gasteiger partial charge in [0.25, 0.3) is 0 Å². The lowest BCUT2D eigenvalue weighted by atomic mass is 9.89. The Balaban J connectivity index is 1.84. The van der Waals surface area contributed by atoms with Gasteiger partial charge in [0.1, 0.15) is 0 Å². The summed E-state index contributed by atoms with van der Waals surface area (Å²) in [6.45, 7) is 1.20. The number of benzene rings is 1. The SMILES string of the molecule is Brc1ccc([C@@H]2CCN[C@@H]3C[C@@H]32)cc1. The summed E-state index contributed by atoms with van der Waals surface area (Å²) < 4.78 is 1.18. The van der Waals surface area contributed by atoms with E-state index in [-0.39, 0.29) is 0 Å². The first-order valence-corrected chi connectivity index (χ1v) is 6.13. The number of piperidine rings is 1. The van der Waals surface area contributed by atoms with Gasteiger partial charge in [-0.1, -0.05) is 28.1 Å². The Labute approximate surface area is 93.0 Å². The summed E-state index contributed by atoms with van der Waals surface area (Å²) >= 11 is 3.48. The van der Waals surface area contributed by atoms with Gasteiger partial charge in [-0.2, -0.15) is 0 Å². The van der Waals surface area contributed by atoms with E-state index in [1.54, 1.807) is 0 Å². The number of rotatable bonds is 1. The molecule has 3 atom stereocenters. The molecule has 0 radical (unpaired) electrons. The molecular formula is C12H14BrN. The van der Waals surface area contributed by atoms with Crippen molar-refractivity contribution in [3.8, 4) is 0 Å². The number of hydrogen-bond acceptors (Lipinski definition) is 1. The summed E-state index contributed by atoms with van der Waals surface area (Å²) in [5, 5.41) is 3.56. The molecule has 14 heavy (non-hydrogen) atoms. The van der Waals surface area contributed by atoms with Crippen LogP contribution in [0.25, 0.3) is 0 Å². The van der Waals surface area contributed by atoms with Crippen LogP contribution in [0.5, 0.6) is 0 Å². The Kier molecular flexibility index (Phi) is 2.14. The highest BCUT2D eigenvalue weighted by molar-refractivity contribution is 9.10. The van der Waals surface area contributed by atoms with Gasteiger partial charge in [0.05, 0.1) is 0 Å². The van der Waals surface area contributed by atoms with Crippen LogP contribution in [0.1, 0.15) is 24.3 Å². The predicted octanol–water partition coefficient (Wildman–Crippen LogP) is 2.91. The summed E-state index contributed by atoms with van der Waals surface area (Å²) in [5.74, 6) is 1.74. The zero-order chi connectivity index (χ0) is 9.54. The molecule has 0 unspecified atom stereocenters. The second-order valence-corrected chi connectivity index (χ2v) is 5.32. The maximum absolute atomic E-state index is 3.56. The molecule has 0 aromatic heterocycles. The molecule has 0 amide bonds. The lowest BCUT2D eigenvalue weighted by Gasteiger charge is -2.22. The van der Waals surface area contributed by atoms with Crippen molar-refractivity contribution in [1.29, 1.82) is 0 Å². The van der Waals surface area contributed by atoms with Crippen LogP contribution in [0.2, 0.25) is 0 Å². The number of hydrogen-bond donors (Lipinski definition) is 1. The maximum Gasteiger partial charge on any atom is 0.0175 e. The van der Waals surface area contributed by atoms with E-state index < -0.39 is 0 Å². The second-order valence-electron chi connectivity index (χ2n) is 4.41. The smallest absolute Gasteiger partial charge is 0.0175 e. The van der Waals surface area contributed by atoms with Gasteiger partial charge in [0.15, 0.2) is 0 Å². The lowest BCUT2D eigenvalue weighted by molar-refractivity contribution is 0.443. The molecule has 1 nitrogen and oxygen atoms in total. The van der Waals surface area contributed by atoms with Crippen molar-refractivity contribution in [3.05, 3.63) is 34.3 Å². The van der Waals surface area contributed by atoms with Crippen LogP contribution in [0.4, 0.5) is 0 Å². The highest BCUT2D eigenvalue weighted by atomic mass is 79.9. The third-order valence-corrected chi connectivity index (χ3v) is 4.05. The molecule has 0 bridgehead atoms. The summed E-state index contributed by atoms with van der Waals surface area (Å²) in [5.41, 5.74) is 1.53. The van der Waals surface area contributed by atoms with Crippen molar-refractivity contribution in [2.24, 2.45) is 5.92 Å². The molecule has 2 heteroatoms. The van der Waals surface area contributed by atoms with Crippen molar-refractivity contribution in [1.82, 2.24) is 5.32 Å². The highest BCUT2D eigenvalue weighted by Gasteiger charge is 2.45. The Morgan fingerprint density at radius 2 is 2.00 bits per heavy atom. The van der Waals surface area contributed by atoms with Gasteiger partial charge >= 0.3 is 0 Å². The summed E-state index contributed by atoms with van der Waals surface area (Å²) in [6, 6.07) is 9.70. The second kappa shape index (κ2) is 3.35. The van der Waals surface area contributed by atoms with Crippen LogP contribution in [0.15, 0.2) is 28.7 Å². The van der Waals surface area contributed by atoms with Gasteiger partial charge in [0, 0.05) is 10.5 Å². The molecule has 2 fully saturated rings. The molecule has 1 aliphatic carbocycles. The first-order chi connectivity index (χ1) is 6.84. The van der Waals surface area contributed by atoms with Crippen molar-refractivity contribution in [3.63, 3.8) is 0 Å². The Morgan fingerprint density at radius 3 is 2.79 bits per heavy atom. The minimum absolute atomic E-state index is 0.814. The molecule has 1 aromatic carbocycles. The fraction of sp³-hybridized carbons (Fsp3) is 0.500. The third kappa shape index (κ3) is 1.51. The summed E-state index contributed by atoms with van der Waals surface area (Å²) in [7, 11) is 0. The van der Waals surface area contributed by atoms with Gasteiger partial charge in [-0.25, -0.2) is 0 Å². The number of nitrogens with one attached hydrogen (secondary N) is 1. The van der Waals surface area contributed by atoms with E-state index in [1.807, 2.05) is 0 Å². The fourth-order valence-electron chi connectivity index (χ4n) is 2.66. The average Bonchev–Trinajstić information content (AvgIpc) is 2.97. The average molecular weight is 252 g/mol. The number of halogens is 1. The summed E-state index contributed by atoms with van der Waals surface area (Å²) in [4.78, 5) is 0. The van der Waals surface area contributed by atoms with Crippen molar-refractivity contribution < 1.29 is 0 Å². The first kappa shape index (κ1) is 8.93. The van der Waals surface area contributed by atoms with Gasteiger partial charge in [0.2, 0.25) is 0 Å². The fourth-order valence-corrected chi connectivity index (χ4v) is 2.92. The molecule has 74 valence electrons. The first-order valence-electron chi connectivity index (χ1n) is 5.33. The normalized spacial score (nSPS) is 35.1. The zero-order valence-electron chi connectivity index (χ0n) is 8.04. The van der Waals surface area contributed by atoms with Crippen LogP contribution in [0.3, 0.4) is 0 Å². The van der Waals surface area contributed by atoms with E-state index in [4.69, 9.17) is 0 Å². The van der Waals surface area contributed by atoms with E-state index in [1.165, 1.54) is 29.4 Å². The standard InChI is InChI=1S/C12H14BrN/c13-9-3-1-8(2-4-9)10-5-6-14-12-7-11(10)12/h1-4,10-12,14H,5-7H2/t10-,11+,12+/m0/s1. The molecule has 3 rings (SSSR count). The molecule has 1 N–H and O–H groups in total. The zero-order valence-corrected chi connectivity index (χ0v) is 9.63. The summed E-state index contributed by atoms with van der Waals surface area (Å²) in [6.07, 6.45) is 2.70. The maximum atomic E-state index is 3.56. The quantitative estimate of drug-likeness (QED) is 0.810. The predicted molar refractivity (Wildman–Crippen MR) is 61.4 cm³/mol. The molecule has 1 saturated carbocycles. The Bertz CT molecular complexity index is 333. The molecule has 0 spiro atoms. The lowest BCUT2D eigenvalue weighted by Crippen LogP contribution is -2.28. The van der Waals surface area contributed by atoms with Crippen LogP contribution < -0.4 is 5.32 Å². The van der Waals surface area contributed by atoms with Crippen LogP contribution in [-0.2, 0) is 0 Å². The van der Waals surface area contributed by atoms with E-state index >= 15 is 0 Å². The van der Waals surface area contributed by atoms with Gasteiger partial charge in [-0.3, -0.25) is 0 Å². The van der Waals surface area contributed by atoms with E-state index in [9.17, 15) is 0 Å².